The number of rotatable bonds is 12. The summed E-state index contributed by atoms with van der Waals surface area (Å²) in [6.45, 7) is 6.33. The number of benzene rings is 2. The Morgan fingerprint density at radius 1 is 1.08 bits per heavy atom. The molecule has 0 unspecified atom stereocenters. The average molecular weight is 545 g/mol. The van der Waals surface area contributed by atoms with Gasteiger partial charge in [0.1, 0.15) is 17.4 Å². The van der Waals surface area contributed by atoms with Crippen LogP contribution < -0.4 is 10.1 Å². The molecule has 6 nitrogen and oxygen atoms in total. The van der Waals surface area contributed by atoms with Gasteiger partial charge in [0.15, 0.2) is 0 Å². The van der Waals surface area contributed by atoms with Gasteiger partial charge in [0.25, 0.3) is 0 Å². The molecule has 1 heterocycles. The van der Waals surface area contributed by atoms with Gasteiger partial charge in [-0.25, -0.2) is 9.78 Å². The predicted molar refractivity (Wildman–Crippen MR) is 155 cm³/mol. The van der Waals surface area contributed by atoms with E-state index >= 15 is 0 Å². The Bertz CT molecular complexity index is 1310. The second-order valence-corrected chi connectivity index (χ2v) is 10.7. The molecule has 1 N–H and O–H groups in total. The zero-order chi connectivity index (χ0) is 27.6. The highest BCUT2D eigenvalue weighted by Gasteiger charge is 2.28. The van der Waals surface area contributed by atoms with Gasteiger partial charge in [0, 0.05) is 16.9 Å². The zero-order valence-corrected chi connectivity index (χ0v) is 23.6. The summed E-state index contributed by atoms with van der Waals surface area (Å²) in [5.74, 6) is 0.685. The molecule has 204 valence electrons. The van der Waals surface area contributed by atoms with Crippen molar-refractivity contribution in [1.29, 1.82) is 0 Å². The summed E-state index contributed by atoms with van der Waals surface area (Å²) in [6.07, 6.45) is 7.37. The molecule has 0 radical (unpaired) electrons. The SMILES string of the molecule is CCOC(=O)C(C)=CC(C)=Cc1csc([C@H](Cc2ccc(OCc3ccccc3)cc2)NC(=O)C2CCC2)n1. The van der Waals surface area contributed by atoms with Crippen molar-refractivity contribution in [3.8, 4) is 5.75 Å². The maximum Gasteiger partial charge on any atom is 0.333 e. The number of carbonyl (C=O) groups excluding carboxylic acids is 2. The molecule has 1 aliphatic carbocycles. The van der Waals surface area contributed by atoms with Gasteiger partial charge < -0.3 is 14.8 Å². The van der Waals surface area contributed by atoms with Crippen molar-refractivity contribution < 1.29 is 19.1 Å². The molecule has 0 bridgehead atoms. The number of hydrogen-bond acceptors (Lipinski definition) is 6. The Kier molecular flexibility index (Phi) is 10.1. The van der Waals surface area contributed by atoms with Crippen LogP contribution in [0.5, 0.6) is 5.75 Å². The van der Waals surface area contributed by atoms with Gasteiger partial charge >= 0.3 is 5.97 Å². The van der Waals surface area contributed by atoms with E-state index in [9.17, 15) is 9.59 Å². The van der Waals surface area contributed by atoms with Crippen LogP contribution in [0, 0.1) is 5.92 Å². The van der Waals surface area contributed by atoms with Crippen molar-refractivity contribution in [2.24, 2.45) is 5.92 Å². The van der Waals surface area contributed by atoms with E-state index in [-0.39, 0.29) is 23.8 Å². The lowest BCUT2D eigenvalue weighted by atomic mass is 9.84. The van der Waals surface area contributed by atoms with Crippen molar-refractivity contribution in [1.82, 2.24) is 10.3 Å². The van der Waals surface area contributed by atoms with Gasteiger partial charge in [-0.1, -0.05) is 48.9 Å². The number of nitrogens with one attached hydrogen (secondary N) is 1. The van der Waals surface area contributed by atoms with Gasteiger partial charge in [-0.3, -0.25) is 4.79 Å². The number of allylic oxidation sites excluding steroid dienone is 2. The van der Waals surface area contributed by atoms with Crippen LogP contribution >= 0.6 is 11.3 Å². The standard InChI is InChI=1S/C32H36N2O4S/c1-4-37-32(36)23(3)17-22(2)18-27-21-39-31(33-27)29(34-30(35)26-11-8-12-26)19-24-13-15-28(16-14-24)38-20-25-9-6-5-7-10-25/h5-7,9-10,13-18,21,26,29H,4,8,11-12,19-20H2,1-3H3,(H,34,35)/t29-/m0/s1. The summed E-state index contributed by atoms with van der Waals surface area (Å²) in [6, 6.07) is 17.9. The highest BCUT2D eigenvalue weighted by atomic mass is 32.1. The quantitative estimate of drug-likeness (QED) is 0.154. The van der Waals surface area contributed by atoms with Gasteiger partial charge in [0.2, 0.25) is 5.91 Å². The first-order valence-electron chi connectivity index (χ1n) is 13.5. The number of aromatic nitrogens is 1. The van der Waals surface area contributed by atoms with Crippen LogP contribution in [0.3, 0.4) is 0 Å². The highest BCUT2D eigenvalue weighted by molar-refractivity contribution is 7.09. The third-order valence-electron chi connectivity index (χ3n) is 6.66. The summed E-state index contributed by atoms with van der Waals surface area (Å²) < 4.78 is 11.0. The van der Waals surface area contributed by atoms with Crippen molar-refractivity contribution in [3.63, 3.8) is 0 Å². The topological polar surface area (TPSA) is 77.5 Å². The average Bonchev–Trinajstić information content (AvgIpc) is 3.35. The fourth-order valence-corrected chi connectivity index (χ4v) is 5.13. The van der Waals surface area contributed by atoms with E-state index in [1.165, 1.54) is 11.3 Å². The third-order valence-corrected chi connectivity index (χ3v) is 7.64. The lowest BCUT2D eigenvalue weighted by Crippen LogP contribution is -2.37. The molecule has 3 aromatic rings. The van der Waals surface area contributed by atoms with Gasteiger partial charge in [0.05, 0.1) is 18.3 Å². The van der Waals surface area contributed by atoms with Crippen molar-refractivity contribution in [3.05, 3.63) is 99.0 Å². The van der Waals surface area contributed by atoms with E-state index in [0.717, 1.165) is 52.4 Å². The molecule has 7 heteroatoms. The van der Waals surface area contributed by atoms with E-state index in [2.05, 4.69) is 5.32 Å². The molecule has 2 aromatic carbocycles. The highest BCUT2D eigenvalue weighted by Crippen LogP contribution is 2.29. The first kappa shape index (κ1) is 28.3. The lowest BCUT2D eigenvalue weighted by molar-refractivity contribution is -0.138. The number of esters is 1. The number of thiazole rings is 1. The van der Waals surface area contributed by atoms with Crippen LogP contribution in [-0.2, 0) is 27.4 Å². The number of carbonyl (C=O) groups is 2. The second kappa shape index (κ2) is 13.9. The van der Waals surface area contributed by atoms with Crippen LogP contribution in [0.15, 0.2) is 77.2 Å². The largest absolute Gasteiger partial charge is 0.489 e. The van der Waals surface area contributed by atoms with Crippen LogP contribution in [0.2, 0.25) is 0 Å². The predicted octanol–water partition coefficient (Wildman–Crippen LogP) is 6.83. The monoisotopic (exact) mass is 544 g/mol. The maximum atomic E-state index is 12.9. The molecule has 0 saturated heterocycles. The Morgan fingerprint density at radius 3 is 2.49 bits per heavy atom. The molecule has 1 aliphatic rings. The van der Waals surface area contributed by atoms with Crippen molar-refractivity contribution in [2.45, 2.75) is 59.1 Å². The van der Waals surface area contributed by atoms with Crippen LogP contribution in [-0.4, -0.2) is 23.5 Å². The third kappa shape index (κ3) is 8.39. The number of nitrogens with zero attached hydrogens (tertiary/aromatic N) is 1. The smallest absolute Gasteiger partial charge is 0.333 e. The lowest BCUT2D eigenvalue weighted by Gasteiger charge is -2.27. The molecule has 1 saturated carbocycles. The molecule has 0 aliphatic heterocycles. The minimum absolute atomic E-state index is 0.0961. The number of hydrogen-bond donors (Lipinski definition) is 1. The molecule has 1 atom stereocenters. The number of amides is 1. The van der Waals surface area contributed by atoms with Crippen LogP contribution in [0.25, 0.3) is 6.08 Å². The van der Waals surface area contributed by atoms with Gasteiger partial charge in [-0.15, -0.1) is 11.3 Å². The maximum absolute atomic E-state index is 12.9. The molecule has 0 spiro atoms. The molecule has 1 fully saturated rings. The molecule has 1 amide bonds. The van der Waals surface area contributed by atoms with Gasteiger partial charge in [-0.05, 0) is 81.0 Å². The summed E-state index contributed by atoms with van der Waals surface area (Å²) >= 11 is 1.53. The van der Waals surface area contributed by atoms with Crippen LogP contribution in [0.1, 0.15) is 67.9 Å². The minimum atomic E-state index is -0.320. The van der Waals surface area contributed by atoms with Gasteiger partial charge in [-0.2, -0.15) is 0 Å². The normalized spacial score (nSPS) is 14.8. The van der Waals surface area contributed by atoms with E-state index in [0.29, 0.717) is 25.2 Å². The summed E-state index contributed by atoms with van der Waals surface area (Å²) in [7, 11) is 0. The van der Waals surface area contributed by atoms with E-state index in [1.54, 1.807) is 19.9 Å². The molecule has 1 aromatic heterocycles. The minimum Gasteiger partial charge on any atom is -0.489 e. The molecule has 39 heavy (non-hydrogen) atoms. The molecular weight excluding hydrogens is 508 g/mol. The summed E-state index contributed by atoms with van der Waals surface area (Å²) in [5, 5.41) is 6.10. The Morgan fingerprint density at radius 2 is 1.82 bits per heavy atom. The van der Waals surface area contributed by atoms with E-state index in [1.807, 2.05) is 73.0 Å². The van der Waals surface area contributed by atoms with E-state index in [4.69, 9.17) is 14.5 Å². The fourth-order valence-electron chi connectivity index (χ4n) is 4.31. The Labute approximate surface area is 234 Å². The van der Waals surface area contributed by atoms with Crippen molar-refractivity contribution in [2.75, 3.05) is 6.61 Å². The van der Waals surface area contributed by atoms with Crippen LogP contribution in [0.4, 0.5) is 0 Å². The van der Waals surface area contributed by atoms with E-state index < -0.39 is 0 Å². The Balaban J connectivity index is 1.45. The first-order chi connectivity index (χ1) is 18.9. The second-order valence-electron chi connectivity index (χ2n) is 9.86. The Hall–Kier alpha value is -3.71. The summed E-state index contributed by atoms with van der Waals surface area (Å²) in [5.41, 5.74) is 4.46. The first-order valence-corrected chi connectivity index (χ1v) is 14.3. The fraction of sp³-hybridized carbons (Fsp3) is 0.344. The zero-order valence-electron chi connectivity index (χ0n) is 22.8. The summed E-state index contributed by atoms with van der Waals surface area (Å²) in [4.78, 5) is 29.6. The molecule has 4 rings (SSSR count). The molecular formula is C32H36N2O4S. The number of ether oxygens (including phenoxy) is 2. The van der Waals surface area contributed by atoms with Crippen molar-refractivity contribution >= 4 is 29.3 Å².